The van der Waals surface area contributed by atoms with E-state index in [9.17, 15) is 22.8 Å². The molecule has 4 nitrogen and oxygen atoms in total. The highest BCUT2D eigenvalue weighted by atomic mass is 19.4. The van der Waals surface area contributed by atoms with Gasteiger partial charge in [-0.15, -0.1) is 0 Å². The third kappa shape index (κ3) is 5.99. The number of benzene rings is 1. The van der Waals surface area contributed by atoms with Crippen molar-refractivity contribution in [1.29, 1.82) is 0 Å². The van der Waals surface area contributed by atoms with E-state index >= 15 is 0 Å². The molecule has 0 fully saturated rings. The number of hydrogen-bond donors (Lipinski definition) is 2. The maximum atomic E-state index is 12.0. The van der Waals surface area contributed by atoms with E-state index in [1.807, 2.05) is 13.8 Å². The lowest BCUT2D eigenvalue weighted by Gasteiger charge is -2.08. The smallest absolute Gasteiger partial charge is 0.344 e. The molecule has 0 aliphatic carbocycles. The standard InChI is InChI=1S/C15H17F3N2O2/c1-3-10(2)8-13(21)20-12-6-4-11(5-7-12)9-19-14(22)15(16,17)18/h4-8H,3,9H2,1-2H3,(H,19,22)(H,20,21)/b10-8+. The molecule has 0 heterocycles. The fourth-order valence-corrected chi connectivity index (χ4v) is 1.49. The topological polar surface area (TPSA) is 58.2 Å². The van der Waals surface area contributed by atoms with Crippen LogP contribution in [-0.4, -0.2) is 18.0 Å². The highest BCUT2D eigenvalue weighted by molar-refractivity contribution is 5.99. The van der Waals surface area contributed by atoms with E-state index in [2.05, 4.69) is 5.32 Å². The Morgan fingerprint density at radius 3 is 2.27 bits per heavy atom. The molecule has 0 aromatic heterocycles. The van der Waals surface area contributed by atoms with Crippen molar-refractivity contribution < 1.29 is 22.8 Å². The van der Waals surface area contributed by atoms with Gasteiger partial charge in [-0.2, -0.15) is 13.2 Å². The van der Waals surface area contributed by atoms with E-state index in [1.165, 1.54) is 18.2 Å². The first-order chi connectivity index (χ1) is 10.2. The zero-order valence-corrected chi connectivity index (χ0v) is 12.3. The number of halogens is 3. The second-order valence-electron chi connectivity index (χ2n) is 4.71. The molecule has 2 amide bonds. The molecule has 0 saturated carbocycles. The van der Waals surface area contributed by atoms with Crippen LogP contribution in [0.15, 0.2) is 35.9 Å². The molecule has 120 valence electrons. The fraction of sp³-hybridized carbons (Fsp3) is 0.333. The summed E-state index contributed by atoms with van der Waals surface area (Å²) in [5, 5.41) is 4.41. The van der Waals surface area contributed by atoms with Crippen LogP contribution in [0.25, 0.3) is 0 Å². The van der Waals surface area contributed by atoms with Crippen LogP contribution >= 0.6 is 0 Å². The van der Waals surface area contributed by atoms with E-state index in [0.717, 1.165) is 12.0 Å². The summed E-state index contributed by atoms with van der Waals surface area (Å²) in [6.07, 6.45) is -2.64. The number of rotatable bonds is 5. The van der Waals surface area contributed by atoms with Gasteiger partial charge in [-0.1, -0.05) is 24.6 Å². The minimum Gasteiger partial charge on any atom is -0.344 e. The molecule has 0 atom stereocenters. The van der Waals surface area contributed by atoms with Crippen LogP contribution in [0.2, 0.25) is 0 Å². The lowest BCUT2D eigenvalue weighted by molar-refractivity contribution is -0.173. The van der Waals surface area contributed by atoms with Gasteiger partial charge in [-0.25, -0.2) is 0 Å². The van der Waals surface area contributed by atoms with Crippen molar-refractivity contribution in [3.63, 3.8) is 0 Å². The van der Waals surface area contributed by atoms with Crippen LogP contribution in [-0.2, 0) is 16.1 Å². The summed E-state index contributed by atoms with van der Waals surface area (Å²) in [6.45, 7) is 3.54. The molecular weight excluding hydrogens is 297 g/mol. The summed E-state index contributed by atoms with van der Waals surface area (Å²) in [7, 11) is 0. The third-order valence-corrected chi connectivity index (χ3v) is 2.87. The predicted molar refractivity (Wildman–Crippen MR) is 77.0 cm³/mol. The van der Waals surface area contributed by atoms with Gasteiger partial charge in [0, 0.05) is 18.3 Å². The number of hydrogen-bond acceptors (Lipinski definition) is 2. The van der Waals surface area contributed by atoms with Crippen LogP contribution < -0.4 is 10.6 Å². The average Bonchev–Trinajstić information content (AvgIpc) is 2.44. The summed E-state index contributed by atoms with van der Waals surface area (Å²) in [5.74, 6) is -2.25. The molecular formula is C15H17F3N2O2. The summed E-state index contributed by atoms with van der Waals surface area (Å²) >= 11 is 0. The number of amides is 2. The van der Waals surface area contributed by atoms with Crippen molar-refractivity contribution >= 4 is 17.5 Å². The fourth-order valence-electron chi connectivity index (χ4n) is 1.49. The SMILES string of the molecule is CC/C(C)=C/C(=O)Nc1ccc(CNC(=O)C(F)(F)F)cc1. The Labute approximate surface area is 126 Å². The van der Waals surface area contributed by atoms with Crippen LogP contribution in [0.5, 0.6) is 0 Å². The van der Waals surface area contributed by atoms with Gasteiger partial charge in [0.1, 0.15) is 0 Å². The molecule has 1 aromatic carbocycles. The Kier molecular flexibility index (Phi) is 6.15. The minimum atomic E-state index is -4.89. The highest BCUT2D eigenvalue weighted by Crippen LogP contribution is 2.15. The first-order valence-corrected chi connectivity index (χ1v) is 6.64. The molecule has 0 radical (unpaired) electrons. The summed E-state index contributed by atoms with van der Waals surface area (Å²) in [4.78, 5) is 22.3. The molecule has 0 aliphatic rings. The lowest BCUT2D eigenvalue weighted by Crippen LogP contribution is -2.36. The summed E-state index contributed by atoms with van der Waals surface area (Å²) in [6, 6.07) is 6.18. The Bertz CT molecular complexity index is 563. The van der Waals surface area contributed by atoms with Crippen molar-refractivity contribution in [2.24, 2.45) is 0 Å². The van der Waals surface area contributed by atoms with Gasteiger partial charge >= 0.3 is 12.1 Å². The normalized spacial score (nSPS) is 12.0. The van der Waals surface area contributed by atoms with Crippen molar-refractivity contribution in [2.45, 2.75) is 33.0 Å². The summed E-state index contributed by atoms with van der Waals surface area (Å²) in [5.41, 5.74) is 1.95. The molecule has 0 aliphatic heterocycles. The average molecular weight is 314 g/mol. The first-order valence-electron chi connectivity index (χ1n) is 6.64. The largest absolute Gasteiger partial charge is 0.471 e. The van der Waals surface area contributed by atoms with Gasteiger partial charge in [0.15, 0.2) is 0 Å². The van der Waals surface area contributed by atoms with Crippen LogP contribution in [0, 0.1) is 0 Å². The Balaban J connectivity index is 2.57. The van der Waals surface area contributed by atoms with E-state index in [-0.39, 0.29) is 12.5 Å². The van der Waals surface area contributed by atoms with Gasteiger partial charge < -0.3 is 10.6 Å². The van der Waals surface area contributed by atoms with Crippen LogP contribution in [0.3, 0.4) is 0 Å². The number of carbonyl (C=O) groups excluding carboxylic acids is 2. The quantitative estimate of drug-likeness (QED) is 0.820. The van der Waals surface area contributed by atoms with Crippen molar-refractivity contribution in [3.05, 3.63) is 41.5 Å². The zero-order valence-electron chi connectivity index (χ0n) is 12.3. The van der Waals surface area contributed by atoms with E-state index < -0.39 is 12.1 Å². The second-order valence-corrected chi connectivity index (χ2v) is 4.71. The van der Waals surface area contributed by atoms with Gasteiger partial charge in [0.25, 0.3) is 0 Å². The molecule has 7 heteroatoms. The number of allylic oxidation sites excluding steroid dienone is 1. The number of carbonyl (C=O) groups is 2. The summed E-state index contributed by atoms with van der Waals surface area (Å²) < 4.78 is 36.1. The number of alkyl halides is 3. The molecule has 2 N–H and O–H groups in total. The predicted octanol–water partition coefficient (Wildman–Crippen LogP) is 3.16. The maximum Gasteiger partial charge on any atom is 0.471 e. The van der Waals surface area contributed by atoms with Crippen molar-refractivity contribution in [3.8, 4) is 0 Å². The minimum absolute atomic E-state index is 0.235. The Hall–Kier alpha value is -2.31. The zero-order chi connectivity index (χ0) is 16.8. The van der Waals surface area contributed by atoms with Crippen molar-refractivity contribution in [1.82, 2.24) is 5.32 Å². The van der Waals surface area contributed by atoms with Crippen LogP contribution in [0.1, 0.15) is 25.8 Å². The van der Waals surface area contributed by atoms with Gasteiger partial charge in [-0.05, 0) is 31.0 Å². The molecule has 22 heavy (non-hydrogen) atoms. The Morgan fingerprint density at radius 1 is 1.18 bits per heavy atom. The van der Waals surface area contributed by atoms with Gasteiger partial charge in [0.2, 0.25) is 5.91 Å². The van der Waals surface area contributed by atoms with E-state index in [0.29, 0.717) is 11.3 Å². The highest BCUT2D eigenvalue weighted by Gasteiger charge is 2.38. The van der Waals surface area contributed by atoms with Gasteiger partial charge in [-0.3, -0.25) is 9.59 Å². The van der Waals surface area contributed by atoms with Gasteiger partial charge in [0.05, 0.1) is 0 Å². The molecule has 0 spiro atoms. The number of nitrogens with one attached hydrogen (secondary N) is 2. The number of anilines is 1. The third-order valence-electron chi connectivity index (χ3n) is 2.87. The molecule has 0 saturated heterocycles. The Morgan fingerprint density at radius 2 is 1.77 bits per heavy atom. The van der Waals surface area contributed by atoms with E-state index in [4.69, 9.17) is 0 Å². The van der Waals surface area contributed by atoms with Crippen molar-refractivity contribution in [2.75, 3.05) is 5.32 Å². The molecule has 0 unspecified atom stereocenters. The maximum absolute atomic E-state index is 12.0. The van der Waals surface area contributed by atoms with Crippen LogP contribution in [0.4, 0.5) is 18.9 Å². The van der Waals surface area contributed by atoms with E-state index in [1.54, 1.807) is 17.4 Å². The molecule has 0 bridgehead atoms. The monoisotopic (exact) mass is 314 g/mol. The molecule has 1 aromatic rings. The molecule has 1 rings (SSSR count). The second kappa shape index (κ2) is 7.63. The lowest BCUT2D eigenvalue weighted by atomic mass is 10.2. The first kappa shape index (κ1) is 17.7.